The van der Waals surface area contributed by atoms with Crippen LogP contribution in [0.15, 0.2) is 33.7 Å². The van der Waals surface area contributed by atoms with Crippen LogP contribution in [0.4, 0.5) is 0 Å². The Bertz CT molecular complexity index is 334. The number of halogens is 1. The van der Waals surface area contributed by atoms with Crippen molar-refractivity contribution in [1.29, 1.82) is 0 Å². The Balaban J connectivity index is 1.88. The molecule has 0 fully saturated rings. The van der Waals surface area contributed by atoms with Gasteiger partial charge >= 0.3 is 0 Å². The maximum Gasteiger partial charge on any atom is 0.145 e. The molecule has 1 aliphatic heterocycles. The van der Waals surface area contributed by atoms with Gasteiger partial charge in [0.05, 0.1) is 6.54 Å². The number of amidine groups is 1. The van der Waals surface area contributed by atoms with Crippen LogP contribution in [0.25, 0.3) is 0 Å². The molecule has 1 aromatic carbocycles. The molecular formula is C10H11BrN2O. The zero-order valence-electron chi connectivity index (χ0n) is 7.66. The number of benzene rings is 1. The Kier molecular flexibility index (Phi) is 3.03. The summed E-state index contributed by atoms with van der Waals surface area (Å²) in [5.74, 6) is 1.80. The molecule has 0 unspecified atom stereocenters. The van der Waals surface area contributed by atoms with E-state index >= 15 is 0 Å². The first-order chi connectivity index (χ1) is 6.84. The van der Waals surface area contributed by atoms with Crippen LogP contribution in [0, 0.1) is 0 Å². The third kappa shape index (κ3) is 2.48. The molecule has 14 heavy (non-hydrogen) atoms. The van der Waals surface area contributed by atoms with Gasteiger partial charge in [-0.2, -0.15) is 0 Å². The summed E-state index contributed by atoms with van der Waals surface area (Å²) < 4.78 is 6.59. The van der Waals surface area contributed by atoms with Crippen molar-refractivity contribution in [3.63, 3.8) is 0 Å². The molecule has 0 spiro atoms. The second-order valence-corrected chi connectivity index (χ2v) is 3.91. The van der Waals surface area contributed by atoms with E-state index < -0.39 is 0 Å². The van der Waals surface area contributed by atoms with Crippen LogP contribution in [0.2, 0.25) is 0 Å². The number of hydrogen-bond donors (Lipinski definition) is 1. The van der Waals surface area contributed by atoms with Crippen molar-refractivity contribution in [2.75, 3.05) is 19.7 Å². The molecule has 3 nitrogen and oxygen atoms in total. The normalized spacial score (nSPS) is 14.8. The summed E-state index contributed by atoms with van der Waals surface area (Å²) in [6.07, 6.45) is 0. The lowest BCUT2D eigenvalue weighted by molar-refractivity contribution is 0.373. The molecule has 0 amide bonds. The Morgan fingerprint density at radius 3 is 2.79 bits per heavy atom. The Morgan fingerprint density at radius 1 is 1.36 bits per heavy atom. The number of aliphatic imine (C=N–C) groups is 1. The van der Waals surface area contributed by atoms with Crippen LogP contribution in [-0.4, -0.2) is 25.5 Å². The van der Waals surface area contributed by atoms with E-state index in [1.165, 1.54) is 0 Å². The summed E-state index contributed by atoms with van der Waals surface area (Å²) in [5, 5.41) is 3.15. The molecule has 0 radical (unpaired) electrons. The molecule has 0 bridgehead atoms. The van der Waals surface area contributed by atoms with E-state index in [-0.39, 0.29) is 0 Å². The second-order valence-electron chi connectivity index (χ2n) is 3.00. The van der Waals surface area contributed by atoms with Gasteiger partial charge in [-0.15, -0.1) is 0 Å². The highest BCUT2D eigenvalue weighted by molar-refractivity contribution is 9.10. The maximum atomic E-state index is 5.53. The van der Waals surface area contributed by atoms with Crippen molar-refractivity contribution in [3.05, 3.63) is 28.7 Å². The van der Waals surface area contributed by atoms with Crippen LogP contribution in [0.3, 0.4) is 0 Å². The Morgan fingerprint density at radius 2 is 2.14 bits per heavy atom. The summed E-state index contributed by atoms with van der Waals surface area (Å²) in [5.41, 5.74) is 0. The minimum atomic E-state index is 0.529. The van der Waals surface area contributed by atoms with Gasteiger partial charge in [0.1, 0.15) is 18.2 Å². The summed E-state index contributed by atoms with van der Waals surface area (Å²) in [7, 11) is 0. The van der Waals surface area contributed by atoms with E-state index in [1.807, 2.05) is 24.3 Å². The van der Waals surface area contributed by atoms with Gasteiger partial charge < -0.3 is 10.1 Å². The van der Waals surface area contributed by atoms with Gasteiger partial charge in [0.25, 0.3) is 0 Å². The number of rotatable bonds is 3. The molecular weight excluding hydrogens is 244 g/mol. The van der Waals surface area contributed by atoms with Gasteiger partial charge in [-0.05, 0) is 24.3 Å². The quantitative estimate of drug-likeness (QED) is 0.893. The fourth-order valence-electron chi connectivity index (χ4n) is 1.23. The van der Waals surface area contributed by atoms with E-state index in [9.17, 15) is 0 Å². The van der Waals surface area contributed by atoms with Crippen LogP contribution in [0.5, 0.6) is 5.75 Å². The SMILES string of the molecule is Brc1ccc(OCC2=NCCN2)cc1. The summed E-state index contributed by atoms with van der Waals surface area (Å²) >= 11 is 3.37. The number of nitrogens with one attached hydrogen (secondary N) is 1. The fourth-order valence-corrected chi connectivity index (χ4v) is 1.49. The molecule has 0 aromatic heterocycles. The summed E-state index contributed by atoms with van der Waals surface area (Å²) in [6, 6.07) is 7.78. The lowest BCUT2D eigenvalue weighted by Gasteiger charge is -2.06. The van der Waals surface area contributed by atoms with E-state index in [2.05, 4.69) is 26.2 Å². The van der Waals surface area contributed by atoms with Crippen LogP contribution in [0.1, 0.15) is 0 Å². The third-order valence-corrected chi connectivity index (χ3v) is 2.46. The van der Waals surface area contributed by atoms with Crippen LogP contribution in [-0.2, 0) is 0 Å². The average molecular weight is 255 g/mol. The molecule has 74 valence electrons. The van der Waals surface area contributed by atoms with Gasteiger partial charge in [0.15, 0.2) is 0 Å². The van der Waals surface area contributed by atoms with Crippen molar-refractivity contribution in [1.82, 2.24) is 5.32 Å². The lowest BCUT2D eigenvalue weighted by atomic mass is 10.3. The third-order valence-electron chi connectivity index (χ3n) is 1.93. The van der Waals surface area contributed by atoms with E-state index in [4.69, 9.17) is 4.74 Å². The fraction of sp³-hybridized carbons (Fsp3) is 0.300. The lowest BCUT2D eigenvalue weighted by Crippen LogP contribution is -2.24. The molecule has 0 aliphatic carbocycles. The first-order valence-corrected chi connectivity index (χ1v) is 5.29. The average Bonchev–Trinajstić information content (AvgIpc) is 2.70. The predicted octanol–water partition coefficient (Wildman–Crippen LogP) is 1.83. The van der Waals surface area contributed by atoms with Crippen LogP contribution < -0.4 is 10.1 Å². The molecule has 4 heteroatoms. The summed E-state index contributed by atoms with van der Waals surface area (Å²) in [6.45, 7) is 2.32. The highest BCUT2D eigenvalue weighted by Crippen LogP contribution is 2.15. The molecule has 1 N–H and O–H groups in total. The van der Waals surface area contributed by atoms with Gasteiger partial charge in [0, 0.05) is 11.0 Å². The van der Waals surface area contributed by atoms with Crippen molar-refractivity contribution < 1.29 is 4.74 Å². The van der Waals surface area contributed by atoms with Crippen molar-refractivity contribution in [2.24, 2.45) is 4.99 Å². The molecule has 1 heterocycles. The Hall–Kier alpha value is -1.03. The topological polar surface area (TPSA) is 33.6 Å². The standard InChI is InChI=1S/C10H11BrN2O/c11-8-1-3-9(4-2-8)14-7-10-12-5-6-13-10/h1-4H,5-7H2,(H,12,13). The van der Waals surface area contributed by atoms with Crippen molar-refractivity contribution >= 4 is 21.8 Å². The largest absolute Gasteiger partial charge is 0.486 e. The van der Waals surface area contributed by atoms with E-state index in [0.717, 1.165) is 29.1 Å². The second kappa shape index (κ2) is 4.46. The number of hydrogen-bond acceptors (Lipinski definition) is 3. The minimum Gasteiger partial charge on any atom is -0.486 e. The molecule has 0 saturated carbocycles. The number of ether oxygens (including phenoxy) is 1. The van der Waals surface area contributed by atoms with Gasteiger partial charge in [0.2, 0.25) is 0 Å². The maximum absolute atomic E-state index is 5.53. The van der Waals surface area contributed by atoms with Crippen LogP contribution >= 0.6 is 15.9 Å². The van der Waals surface area contributed by atoms with Gasteiger partial charge in [-0.1, -0.05) is 15.9 Å². The predicted molar refractivity (Wildman–Crippen MR) is 59.9 cm³/mol. The zero-order chi connectivity index (χ0) is 9.80. The zero-order valence-corrected chi connectivity index (χ0v) is 9.25. The summed E-state index contributed by atoms with van der Waals surface area (Å²) in [4.78, 5) is 4.24. The van der Waals surface area contributed by atoms with Crippen molar-refractivity contribution in [2.45, 2.75) is 0 Å². The smallest absolute Gasteiger partial charge is 0.145 e. The van der Waals surface area contributed by atoms with E-state index in [0.29, 0.717) is 6.61 Å². The van der Waals surface area contributed by atoms with Gasteiger partial charge in [-0.25, -0.2) is 0 Å². The first-order valence-electron chi connectivity index (χ1n) is 4.50. The molecule has 0 saturated heterocycles. The minimum absolute atomic E-state index is 0.529. The first kappa shape index (κ1) is 9.52. The molecule has 1 aliphatic rings. The highest BCUT2D eigenvalue weighted by Gasteiger charge is 2.04. The van der Waals surface area contributed by atoms with Gasteiger partial charge in [-0.3, -0.25) is 4.99 Å². The monoisotopic (exact) mass is 254 g/mol. The highest BCUT2D eigenvalue weighted by atomic mass is 79.9. The molecule has 1 aromatic rings. The molecule has 0 atom stereocenters. The molecule has 2 rings (SSSR count). The van der Waals surface area contributed by atoms with Crippen molar-refractivity contribution in [3.8, 4) is 5.75 Å². The Labute approximate surface area is 91.3 Å². The number of nitrogens with zero attached hydrogens (tertiary/aromatic N) is 1. The van der Waals surface area contributed by atoms with E-state index in [1.54, 1.807) is 0 Å².